The normalized spacial score (nSPS) is 24.5. The molecule has 7 heteroatoms. The van der Waals surface area contributed by atoms with Crippen LogP contribution in [0.15, 0.2) is 5.10 Å². The summed E-state index contributed by atoms with van der Waals surface area (Å²) in [4.78, 5) is 34.0. The first-order chi connectivity index (χ1) is 8.16. The molecule has 0 radical (unpaired) electrons. The Balaban J connectivity index is 1.92. The van der Waals surface area contributed by atoms with Crippen molar-refractivity contribution in [2.75, 3.05) is 6.54 Å². The molecule has 92 valence electrons. The molecule has 0 aromatic rings. The van der Waals surface area contributed by atoms with Crippen LogP contribution in [0, 0.1) is 0 Å². The largest absolute Gasteiger partial charge is 0.354 e. The van der Waals surface area contributed by atoms with E-state index >= 15 is 0 Å². The van der Waals surface area contributed by atoms with E-state index in [4.69, 9.17) is 0 Å². The highest BCUT2D eigenvalue weighted by molar-refractivity contribution is 6.39. The molecule has 0 spiro atoms. The first-order valence-electron chi connectivity index (χ1n) is 5.61. The highest BCUT2D eigenvalue weighted by atomic mass is 16.2. The lowest BCUT2D eigenvalue weighted by Crippen LogP contribution is -2.52. The smallest absolute Gasteiger partial charge is 0.268 e. The summed E-state index contributed by atoms with van der Waals surface area (Å²) in [6, 6.07) is -0.489. The standard InChI is InChI=1S/C10H14N4O3/c15-8-4-3-7(13-14-8)10(17)12-6-2-1-5-11-9(6)16/h6H,1-5H2,(H,11,16)(H,12,17)(H,14,15). The molecule has 1 atom stereocenters. The number of hydrogen-bond donors (Lipinski definition) is 3. The van der Waals surface area contributed by atoms with Gasteiger partial charge in [0.05, 0.1) is 0 Å². The third-order valence-electron chi connectivity index (χ3n) is 2.76. The fourth-order valence-corrected chi connectivity index (χ4v) is 1.79. The van der Waals surface area contributed by atoms with Crippen molar-refractivity contribution >= 4 is 23.4 Å². The third kappa shape index (κ3) is 2.80. The maximum absolute atomic E-state index is 11.7. The van der Waals surface area contributed by atoms with Crippen molar-refractivity contribution in [1.82, 2.24) is 16.1 Å². The van der Waals surface area contributed by atoms with Gasteiger partial charge in [-0.3, -0.25) is 14.4 Å². The van der Waals surface area contributed by atoms with Crippen molar-refractivity contribution in [3.63, 3.8) is 0 Å². The zero-order valence-corrected chi connectivity index (χ0v) is 9.28. The average molecular weight is 238 g/mol. The van der Waals surface area contributed by atoms with Gasteiger partial charge in [-0.1, -0.05) is 0 Å². The van der Waals surface area contributed by atoms with Gasteiger partial charge in [0, 0.05) is 19.4 Å². The topological polar surface area (TPSA) is 99.7 Å². The van der Waals surface area contributed by atoms with E-state index in [1.54, 1.807) is 0 Å². The zero-order valence-electron chi connectivity index (χ0n) is 9.28. The zero-order chi connectivity index (χ0) is 12.3. The van der Waals surface area contributed by atoms with Crippen molar-refractivity contribution < 1.29 is 14.4 Å². The lowest BCUT2D eigenvalue weighted by atomic mass is 10.1. The summed E-state index contributed by atoms with van der Waals surface area (Å²) < 4.78 is 0. The minimum absolute atomic E-state index is 0.162. The minimum Gasteiger partial charge on any atom is -0.354 e. The molecule has 0 aliphatic carbocycles. The SMILES string of the molecule is O=C1CCC(C(=O)NC2CCCNC2=O)=NN1. The molecule has 0 aromatic carbocycles. The average Bonchev–Trinajstić information content (AvgIpc) is 2.33. The van der Waals surface area contributed by atoms with Crippen LogP contribution in [0.2, 0.25) is 0 Å². The van der Waals surface area contributed by atoms with Crippen molar-refractivity contribution in [1.29, 1.82) is 0 Å². The summed E-state index contributed by atoms with van der Waals surface area (Å²) >= 11 is 0. The minimum atomic E-state index is -0.489. The molecule has 7 nitrogen and oxygen atoms in total. The number of hydrazone groups is 1. The van der Waals surface area contributed by atoms with Gasteiger partial charge in [0.1, 0.15) is 11.8 Å². The predicted octanol–water partition coefficient (Wildman–Crippen LogP) is -1.35. The van der Waals surface area contributed by atoms with Gasteiger partial charge in [0.25, 0.3) is 5.91 Å². The molecule has 2 aliphatic heterocycles. The molecule has 2 aliphatic rings. The lowest BCUT2D eigenvalue weighted by Gasteiger charge is -2.23. The van der Waals surface area contributed by atoms with E-state index in [9.17, 15) is 14.4 Å². The molecular weight excluding hydrogens is 224 g/mol. The summed E-state index contributed by atoms with van der Waals surface area (Å²) in [6.07, 6.45) is 2.05. The highest BCUT2D eigenvalue weighted by Gasteiger charge is 2.26. The number of carbonyl (C=O) groups excluding carboxylic acids is 3. The van der Waals surface area contributed by atoms with Crippen LogP contribution in [0.3, 0.4) is 0 Å². The fourth-order valence-electron chi connectivity index (χ4n) is 1.79. The second-order valence-corrected chi connectivity index (χ2v) is 4.05. The molecule has 2 rings (SSSR count). The highest BCUT2D eigenvalue weighted by Crippen LogP contribution is 2.05. The van der Waals surface area contributed by atoms with Crippen LogP contribution < -0.4 is 16.1 Å². The second kappa shape index (κ2) is 4.94. The predicted molar refractivity (Wildman–Crippen MR) is 59.0 cm³/mol. The van der Waals surface area contributed by atoms with Crippen LogP contribution in [-0.4, -0.2) is 36.0 Å². The summed E-state index contributed by atoms with van der Waals surface area (Å²) in [7, 11) is 0. The monoisotopic (exact) mass is 238 g/mol. The van der Waals surface area contributed by atoms with Gasteiger partial charge in [-0.15, -0.1) is 0 Å². The number of carbonyl (C=O) groups is 3. The Labute approximate surface area is 98.0 Å². The molecule has 0 aromatic heterocycles. The van der Waals surface area contributed by atoms with Gasteiger partial charge < -0.3 is 10.6 Å². The van der Waals surface area contributed by atoms with Gasteiger partial charge in [0.15, 0.2) is 0 Å². The Hall–Kier alpha value is -1.92. The number of nitrogens with one attached hydrogen (secondary N) is 3. The fraction of sp³-hybridized carbons (Fsp3) is 0.600. The van der Waals surface area contributed by atoms with E-state index in [-0.39, 0.29) is 29.9 Å². The molecule has 1 fully saturated rings. The van der Waals surface area contributed by atoms with Crippen molar-refractivity contribution in [3.8, 4) is 0 Å². The maximum atomic E-state index is 11.7. The lowest BCUT2D eigenvalue weighted by molar-refractivity contribution is -0.128. The third-order valence-corrected chi connectivity index (χ3v) is 2.76. The summed E-state index contributed by atoms with van der Waals surface area (Å²) in [6.45, 7) is 0.655. The molecule has 2 heterocycles. The van der Waals surface area contributed by atoms with Gasteiger partial charge in [0.2, 0.25) is 11.8 Å². The maximum Gasteiger partial charge on any atom is 0.268 e. The van der Waals surface area contributed by atoms with Crippen molar-refractivity contribution in [2.24, 2.45) is 5.10 Å². The molecule has 0 saturated carbocycles. The number of amides is 3. The molecule has 0 bridgehead atoms. The van der Waals surface area contributed by atoms with E-state index in [2.05, 4.69) is 21.2 Å². The van der Waals surface area contributed by atoms with Crippen molar-refractivity contribution in [3.05, 3.63) is 0 Å². The van der Waals surface area contributed by atoms with E-state index in [1.807, 2.05) is 0 Å². The van der Waals surface area contributed by atoms with Crippen LogP contribution in [0.5, 0.6) is 0 Å². The van der Waals surface area contributed by atoms with Crippen LogP contribution in [-0.2, 0) is 14.4 Å². The van der Waals surface area contributed by atoms with Crippen LogP contribution in [0.4, 0.5) is 0 Å². The van der Waals surface area contributed by atoms with E-state index in [1.165, 1.54) is 0 Å². The van der Waals surface area contributed by atoms with Crippen LogP contribution in [0.1, 0.15) is 25.7 Å². The van der Waals surface area contributed by atoms with E-state index in [0.29, 0.717) is 19.4 Å². The summed E-state index contributed by atoms with van der Waals surface area (Å²) in [5.74, 6) is -0.742. The molecule has 17 heavy (non-hydrogen) atoms. The van der Waals surface area contributed by atoms with Gasteiger partial charge in [-0.05, 0) is 12.8 Å². The Kier molecular flexibility index (Phi) is 3.36. The van der Waals surface area contributed by atoms with Gasteiger partial charge >= 0.3 is 0 Å². The van der Waals surface area contributed by atoms with Crippen molar-refractivity contribution in [2.45, 2.75) is 31.7 Å². The van der Waals surface area contributed by atoms with E-state index in [0.717, 1.165) is 6.42 Å². The molecular formula is C10H14N4O3. The Morgan fingerprint density at radius 1 is 1.35 bits per heavy atom. The Morgan fingerprint density at radius 2 is 2.18 bits per heavy atom. The second-order valence-electron chi connectivity index (χ2n) is 4.05. The molecule has 3 N–H and O–H groups in total. The first kappa shape index (κ1) is 11.6. The molecule has 1 unspecified atom stereocenters. The first-order valence-corrected chi connectivity index (χ1v) is 5.61. The number of nitrogens with zero attached hydrogens (tertiary/aromatic N) is 1. The quantitative estimate of drug-likeness (QED) is 0.554. The van der Waals surface area contributed by atoms with E-state index < -0.39 is 6.04 Å². The Bertz CT molecular complexity index is 391. The molecule has 3 amide bonds. The number of hydrogen-bond acceptors (Lipinski definition) is 4. The number of rotatable bonds is 2. The van der Waals surface area contributed by atoms with Crippen LogP contribution >= 0.6 is 0 Å². The number of piperidine rings is 1. The summed E-state index contributed by atoms with van der Waals surface area (Å²) in [5.41, 5.74) is 2.52. The molecule has 1 saturated heterocycles. The van der Waals surface area contributed by atoms with Gasteiger partial charge in [-0.2, -0.15) is 5.10 Å². The Morgan fingerprint density at radius 3 is 2.82 bits per heavy atom. The summed E-state index contributed by atoms with van der Waals surface area (Å²) in [5, 5.41) is 8.98. The van der Waals surface area contributed by atoms with Crippen LogP contribution in [0.25, 0.3) is 0 Å². The van der Waals surface area contributed by atoms with Gasteiger partial charge in [-0.25, -0.2) is 5.43 Å².